The smallest absolute Gasteiger partial charge is 0.120 e. The van der Waals surface area contributed by atoms with Gasteiger partial charge in [-0.15, -0.1) is 0 Å². The molecule has 0 heterocycles. The van der Waals surface area contributed by atoms with E-state index in [4.69, 9.17) is 9.84 Å². The van der Waals surface area contributed by atoms with Gasteiger partial charge in [0.2, 0.25) is 0 Å². The first kappa shape index (κ1) is 9.11. The Bertz CT molecular complexity index is 369. The molecule has 1 aromatic carbocycles. The number of hydrogen-bond donors (Lipinski definition) is 1. The quantitative estimate of drug-likeness (QED) is 0.714. The van der Waals surface area contributed by atoms with E-state index in [9.17, 15) is 0 Å². The number of hydrogen-bond acceptors (Lipinski definition) is 2. The molecule has 1 saturated carbocycles. The van der Waals surface area contributed by atoms with Crippen LogP contribution in [0.15, 0.2) is 24.3 Å². The predicted molar refractivity (Wildman–Crippen MR) is 54.1 cm³/mol. The second-order valence-electron chi connectivity index (χ2n) is 3.30. The van der Waals surface area contributed by atoms with Gasteiger partial charge in [0.1, 0.15) is 12.4 Å². The van der Waals surface area contributed by atoms with Gasteiger partial charge in [0.15, 0.2) is 0 Å². The number of aliphatic hydroxyl groups is 1. The van der Waals surface area contributed by atoms with Crippen LogP contribution in [-0.2, 0) is 0 Å². The maximum atomic E-state index is 8.55. The zero-order valence-corrected chi connectivity index (χ0v) is 7.86. The van der Waals surface area contributed by atoms with E-state index in [-0.39, 0.29) is 6.61 Å². The Morgan fingerprint density at radius 2 is 2.29 bits per heavy atom. The maximum Gasteiger partial charge on any atom is 0.120 e. The number of benzene rings is 1. The zero-order valence-electron chi connectivity index (χ0n) is 7.86. The van der Waals surface area contributed by atoms with Crippen molar-refractivity contribution in [2.75, 3.05) is 6.61 Å². The van der Waals surface area contributed by atoms with Crippen molar-refractivity contribution in [1.29, 1.82) is 0 Å². The van der Waals surface area contributed by atoms with Gasteiger partial charge in [-0.05, 0) is 31.0 Å². The summed E-state index contributed by atoms with van der Waals surface area (Å²) in [5.74, 6) is 6.33. The van der Waals surface area contributed by atoms with Crippen molar-refractivity contribution in [2.24, 2.45) is 0 Å². The molecule has 72 valence electrons. The lowest BCUT2D eigenvalue weighted by Crippen LogP contribution is -1.95. The van der Waals surface area contributed by atoms with Crippen LogP contribution in [0.3, 0.4) is 0 Å². The molecule has 0 atom stereocenters. The fraction of sp³-hybridized carbons (Fsp3) is 0.333. The number of rotatable bonds is 2. The Morgan fingerprint density at radius 3 is 3.00 bits per heavy atom. The van der Waals surface area contributed by atoms with E-state index >= 15 is 0 Å². The second-order valence-corrected chi connectivity index (χ2v) is 3.30. The van der Waals surface area contributed by atoms with Crippen molar-refractivity contribution >= 4 is 0 Å². The van der Waals surface area contributed by atoms with Gasteiger partial charge in [-0.1, -0.05) is 17.9 Å². The largest absolute Gasteiger partial charge is 0.490 e. The standard InChI is InChI=1S/C12H12O2/c13-8-2-4-10-3-1-5-12(9-10)14-11-6-7-11/h1,3,5,9,11,13H,6-8H2. The fourth-order valence-corrected chi connectivity index (χ4v) is 1.17. The Hall–Kier alpha value is -1.46. The van der Waals surface area contributed by atoms with E-state index in [0.717, 1.165) is 24.2 Å². The van der Waals surface area contributed by atoms with E-state index in [1.165, 1.54) is 0 Å². The molecule has 1 aliphatic carbocycles. The van der Waals surface area contributed by atoms with Crippen LogP contribution in [0.5, 0.6) is 5.75 Å². The van der Waals surface area contributed by atoms with Gasteiger partial charge in [-0.3, -0.25) is 0 Å². The average molecular weight is 188 g/mol. The molecule has 1 N–H and O–H groups in total. The van der Waals surface area contributed by atoms with Gasteiger partial charge in [0.05, 0.1) is 6.10 Å². The third kappa shape index (κ3) is 2.51. The lowest BCUT2D eigenvalue weighted by molar-refractivity contribution is 0.303. The van der Waals surface area contributed by atoms with Crippen LogP contribution in [0.2, 0.25) is 0 Å². The van der Waals surface area contributed by atoms with Crippen molar-refractivity contribution in [3.05, 3.63) is 29.8 Å². The minimum Gasteiger partial charge on any atom is -0.490 e. The van der Waals surface area contributed by atoms with E-state index < -0.39 is 0 Å². The topological polar surface area (TPSA) is 29.5 Å². The molecule has 0 aliphatic heterocycles. The highest BCUT2D eigenvalue weighted by Crippen LogP contribution is 2.26. The van der Waals surface area contributed by atoms with E-state index in [1.54, 1.807) is 0 Å². The van der Waals surface area contributed by atoms with Gasteiger partial charge in [0.25, 0.3) is 0 Å². The highest BCUT2D eigenvalue weighted by molar-refractivity contribution is 5.39. The number of ether oxygens (including phenoxy) is 1. The maximum absolute atomic E-state index is 8.55. The third-order valence-corrected chi connectivity index (χ3v) is 1.97. The van der Waals surface area contributed by atoms with Crippen LogP contribution >= 0.6 is 0 Å². The molecule has 0 spiro atoms. The molecular weight excluding hydrogens is 176 g/mol. The predicted octanol–water partition coefficient (Wildman–Crippen LogP) is 1.57. The minimum absolute atomic E-state index is 0.103. The van der Waals surface area contributed by atoms with E-state index in [2.05, 4.69) is 11.8 Å². The summed E-state index contributed by atoms with van der Waals surface area (Å²) >= 11 is 0. The SMILES string of the molecule is OCC#Cc1cccc(OC2CC2)c1. The zero-order chi connectivity index (χ0) is 9.80. The lowest BCUT2D eigenvalue weighted by Gasteiger charge is -2.03. The molecule has 0 aromatic heterocycles. The van der Waals surface area contributed by atoms with Crippen LogP contribution in [0.4, 0.5) is 0 Å². The average Bonchev–Trinajstić information content (AvgIpc) is 2.99. The summed E-state index contributed by atoms with van der Waals surface area (Å²) in [4.78, 5) is 0. The van der Waals surface area contributed by atoms with E-state index in [0.29, 0.717) is 6.10 Å². The Kier molecular flexibility index (Phi) is 2.71. The molecule has 0 radical (unpaired) electrons. The summed E-state index contributed by atoms with van der Waals surface area (Å²) in [7, 11) is 0. The molecule has 2 heteroatoms. The highest BCUT2D eigenvalue weighted by atomic mass is 16.5. The molecule has 0 bridgehead atoms. The van der Waals surface area contributed by atoms with Gasteiger partial charge < -0.3 is 9.84 Å². The molecule has 14 heavy (non-hydrogen) atoms. The summed E-state index contributed by atoms with van der Waals surface area (Å²) in [6.07, 6.45) is 2.73. The molecule has 1 aliphatic rings. The minimum atomic E-state index is -0.103. The molecule has 0 saturated heterocycles. The fourth-order valence-electron chi connectivity index (χ4n) is 1.17. The molecule has 2 rings (SSSR count). The van der Waals surface area contributed by atoms with E-state index in [1.807, 2.05) is 24.3 Å². The van der Waals surface area contributed by atoms with Crippen molar-refractivity contribution in [3.63, 3.8) is 0 Å². The van der Waals surface area contributed by atoms with Gasteiger partial charge >= 0.3 is 0 Å². The first-order valence-corrected chi connectivity index (χ1v) is 4.75. The van der Waals surface area contributed by atoms with Crippen LogP contribution in [0, 0.1) is 11.8 Å². The Morgan fingerprint density at radius 1 is 1.43 bits per heavy atom. The Balaban J connectivity index is 2.08. The molecule has 1 aromatic rings. The van der Waals surface area contributed by atoms with Crippen molar-refractivity contribution in [1.82, 2.24) is 0 Å². The highest BCUT2D eigenvalue weighted by Gasteiger charge is 2.23. The van der Waals surface area contributed by atoms with Gasteiger partial charge in [0, 0.05) is 5.56 Å². The molecule has 0 amide bonds. The monoisotopic (exact) mass is 188 g/mol. The summed E-state index contributed by atoms with van der Waals surface area (Å²) in [5.41, 5.74) is 0.886. The van der Waals surface area contributed by atoms with Crippen molar-refractivity contribution < 1.29 is 9.84 Å². The lowest BCUT2D eigenvalue weighted by atomic mass is 10.2. The first-order chi connectivity index (χ1) is 6.88. The van der Waals surface area contributed by atoms with Crippen molar-refractivity contribution in [2.45, 2.75) is 18.9 Å². The summed E-state index contributed by atoms with van der Waals surface area (Å²) in [5, 5.41) is 8.55. The van der Waals surface area contributed by atoms with Crippen LogP contribution < -0.4 is 4.74 Å². The van der Waals surface area contributed by atoms with Crippen LogP contribution in [0.1, 0.15) is 18.4 Å². The molecular formula is C12H12O2. The summed E-state index contributed by atoms with van der Waals surface area (Å²) in [6, 6.07) is 7.66. The molecule has 1 fully saturated rings. The third-order valence-electron chi connectivity index (χ3n) is 1.97. The first-order valence-electron chi connectivity index (χ1n) is 4.75. The Labute approximate surface area is 83.5 Å². The van der Waals surface area contributed by atoms with Crippen molar-refractivity contribution in [3.8, 4) is 17.6 Å². The molecule has 0 unspecified atom stereocenters. The second kappa shape index (κ2) is 4.17. The normalized spacial score (nSPS) is 14.4. The molecule has 2 nitrogen and oxygen atoms in total. The number of aliphatic hydroxyl groups excluding tert-OH is 1. The van der Waals surface area contributed by atoms with Gasteiger partial charge in [-0.2, -0.15) is 0 Å². The van der Waals surface area contributed by atoms with Crippen LogP contribution in [-0.4, -0.2) is 17.8 Å². The van der Waals surface area contributed by atoms with Gasteiger partial charge in [-0.25, -0.2) is 0 Å². The van der Waals surface area contributed by atoms with Crippen LogP contribution in [0.25, 0.3) is 0 Å². The summed E-state index contributed by atoms with van der Waals surface area (Å²) in [6.45, 7) is -0.103. The summed E-state index contributed by atoms with van der Waals surface area (Å²) < 4.78 is 5.62.